The molecule has 1 heterocycles. The molecule has 7 rings (SSSR count). The molecule has 208 valence electrons. The third kappa shape index (κ3) is 4.26. The molecule has 0 N–H and O–H groups in total. The maximum absolute atomic E-state index is 6.33. The molecule has 0 radical (unpaired) electrons. The van der Waals surface area contributed by atoms with Crippen LogP contribution in [0.5, 0.6) is 0 Å². The lowest BCUT2D eigenvalue weighted by atomic mass is 9.78. The molecule has 0 saturated carbocycles. The molecular weight excluding hydrogens is 511 g/mol. The molecule has 5 aromatic rings. The molecule has 0 bridgehead atoms. The first-order valence-electron chi connectivity index (χ1n) is 15.0. The van der Waals surface area contributed by atoms with Crippen molar-refractivity contribution in [3.05, 3.63) is 126 Å². The largest absolute Gasteiger partial charge is 0.494 e. The van der Waals surface area contributed by atoms with Gasteiger partial charge in [-0.3, -0.25) is 0 Å². The molecule has 5 aromatic carbocycles. The lowest BCUT2D eigenvalue weighted by Crippen LogP contribution is -2.41. The molecule has 0 spiro atoms. The van der Waals surface area contributed by atoms with Crippen molar-refractivity contribution >= 4 is 12.6 Å². The van der Waals surface area contributed by atoms with Gasteiger partial charge in [0.05, 0.1) is 11.2 Å². The van der Waals surface area contributed by atoms with Gasteiger partial charge in [0.15, 0.2) is 0 Å². The minimum atomic E-state index is -0.377. The molecule has 1 aliphatic heterocycles. The molecule has 0 unspecified atom stereocenters. The van der Waals surface area contributed by atoms with Crippen LogP contribution >= 0.6 is 0 Å². The Morgan fingerprint density at radius 3 is 1.60 bits per heavy atom. The van der Waals surface area contributed by atoms with Crippen LogP contribution < -0.4 is 5.46 Å². The predicted molar refractivity (Wildman–Crippen MR) is 176 cm³/mol. The van der Waals surface area contributed by atoms with Crippen molar-refractivity contribution in [2.75, 3.05) is 0 Å². The van der Waals surface area contributed by atoms with E-state index in [2.05, 4.69) is 157 Å². The minimum Gasteiger partial charge on any atom is -0.399 e. The molecule has 1 saturated heterocycles. The smallest absolute Gasteiger partial charge is 0.399 e. The monoisotopic (exact) mass is 548 g/mol. The van der Waals surface area contributed by atoms with Gasteiger partial charge >= 0.3 is 7.12 Å². The molecule has 0 atom stereocenters. The molecule has 3 heteroatoms. The lowest BCUT2D eigenvalue weighted by Gasteiger charge is -2.32. The quantitative estimate of drug-likeness (QED) is 0.208. The lowest BCUT2D eigenvalue weighted by molar-refractivity contribution is 0.00578. The van der Waals surface area contributed by atoms with Crippen LogP contribution in [0.2, 0.25) is 0 Å². The van der Waals surface area contributed by atoms with Crippen LogP contribution in [-0.2, 0) is 14.7 Å². The Kier molecular flexibility index (Phi) is 6.13. The molecular formula is C39H37BO2. The van der Waals surface area contributed by atoms with Gasteiger partial charge in [0.1, 0.15) is 0 Å². The summed E-state index contributed by atoms with van der Waals surface area (Å²) >= 11 is 0. The maximum atomic E-state index is 6.33. The summed E-state index contributed by atoms with van der Waals surface area (Å²) in [7, 11) is -0.377. The van der Waals surface area contributed by atoms with E-state index in [4.69, 9.17) is 9.31 Å². The highest BCUT2D eigenvalue weighted by atomic mass is 16.7. The first-order valence-corrected chi connectivity index (χ1v) is 15.0. The predicted octanol–water partition coefficient (Wildman–Crippen LogP) is 9.29. The van der Waals surface area contributed by atoms with Crippen LogP contribution in [0.15, 0.2) is 115 Å². The van der Waals surface area contributed by atoms with E-state index in [1.807, 2.05) is 0 Å². The van der Waals surface area contributed by atoms with E-state index in [0.29, 0.717) is 0 Å². The van der Waals surface area contributed by atoms with E-state index in [1.54, 1.807) is 0 Å². The van der Waals surface area contributed by atoms with E-state index in [1.165, 1.54) is 50.1 Å². The molecule has 1 fully saturated rings. The zero-order valence-corrected chi connectivity index (χ0v) is 25.4. The summed E-state index contributed by atoms with van der Waals surface area (Å²) in [5.41, 5.74) is 13.1. The van der Waals surface area contributed by atoms with Gasteiger partial charge in [0.2, 0.25) is 0 Å². The fourth-order valence-corrected chi connectivity index (χ4v) is 6.58. The Bertz CT molecular complexity index is 1810. The van der Waals surface area contributed by atoms with Crippen molar-refractivity contribution in [1.82, 2.24) is 0 Å². The highest BCUT2D eigenvalue weighted by Crippen LogP contribution is 2.52. The van der Waals surface area contributed by atoms with Crippen LogP contribution in [0, 0.1) is 0 Å². The van der Waals surface area contributed by atoms with Crippen molar-refractivity contribution in [1.29, 1.82) is 0 Å². The second kappa shape index (κ2) is 9.56. The summed E-state index contributed by atoms with van der Waals surface area (Å²) in [5, 5.41) is 0. The van der Waals surface area contributed by atoms with Crippen LogP contribution in [0.4, 0.5) is 0 Å². The normalized spacial score (nSPS) is 17.6. The van der Waals surface area contributed by atoms with E-state index < -0.39 is 0 Å². The van der Waals surface area contributed by atoms with Crippen molar-refractivity contribution in [2.45, 2.75) is 58.2 Å². The van der Waals surface area contributed by atoms with E-state index in [0.717, 1.165) is 11.0 Å². The van der Waals surface area contributed by atoms with E-state index in [-0.39, 0.29) is 23.7 Å². The third-order valence-electron chi connectivity index (χ3n) is 9.72. The fraction of sp³-hybridized carbons (Fsp3) is 0.231. The van der Waals surface area contributed by atoms with Gasteiger partial charge in [-0.25, -0.2) is 0 Å². The number of hydrogen-bond donors (Lipinski definition) is 0. The van der Waals surface area contributed by atoms with Crippen LogP contribution in [-0.4, -0.2) is 18.3 Å². The summed E-state index contributed by atoms with van der Waals surface area (Å²) in [6, 6.07) is 42.0. The summed E-state index contributed by atoms with van der Waals surface area (Å²) < 4.78 is 12.7. The molecule has 0 amide bonds. The van der Waals surface area contributed by atoms with Gasteiger partial charge in [-0.15, -0.1) is 0 Å². The van der Waals surface area contributed by atoms with Gasteiger partial charge in [-0.2, -0.15) is 0 Å². The van der Waals surface area contributed by atoms with Gasteiger partial charge in [0.25, 0.3) is 0 Å². The zero-order valence-electron chi connectivity index (χ0n) is 25.4. The van der Waals surface area contributed by atoms with Gasteiger partial charge in [0, 0.05) is 5.41 Å². The Morgan fingerprint density at radius 1 is 0.452 bits per heavy atom. The molecule has 42 heavy (non-hydrogen) atoms. The van der Waals surface area contributed by atoms with Crippen molar-refractivity contribution in [3.8, 4) is 44.5 Å². The zero-order chi connectivity index (χ0) is 29.3. The Labute approximate surface area is 250 Å². The minimum absolute atomic E-state index is 0.0114. The number of benzene rings is 5. The average Bonchev–Trinajstić information content (AvgIpc) is 3.37. The SMILES string of the molecule is CC1(C)c2ccccc2-c2c(-c3cccc(-c4cccc(-c5cccc(B6OC(C)(C)C(C)(C)O6)c5)c4)c3)cccc21. The first-order chi connectivity index (χ1) is 20.0. The standard InChI is InChI=1S/C39H37BO2/c1-37(2)34-21-8-7-19-33(34)36-32(20-12-22-35(36)37)30-17-10-15-28(24-30)26-13-9-14-27(23-26)29-16-11-18-31(25-29)40-41-38(3,4)39(5,6)42-40/h7-25H,1-6H3. The number of rotatable bonds is 4. The summed E-state index contributed by atoms with van der Waals surface area (Å²) in [6.45, 7) is 13.1. The van der Waals surface area contributed by atoms with E-state index >= 15 is 0 Å². The topological polar surface area (TPSA) is 18.5 Å². The van der Waals surface area contributed by atoms with Gasteiger partial charge in [-0.1, -0.05) is 117 Å². The van der Waals surface area contributed by atoms with Gasteiger partial charge in [-0.05, 0) is 101 Å². The van der Waals surface area contributed by atoms with Crippen molar-refractivity contribution in [3.63, 3.8) is 0 Å². The third-order valence-corrected chi connectivity index (χ3v) is 9.72. The summed E-state index contributed by atoms with van der Waals surface area (Å²) in [5.74, 6) is 0. The Balaban J connectivity index is 1.25. The van der Waals surface area contributed by atoms with Crippen molar-refractivity contribution < 1.29 is 9.31 Å². The number of fused-ring (bicyclic) bond motifs is 3. The fourth-order valence-electron chi connectivity index (χ4n) is 6.58. The Hall–Kier alpha value is -3.92. The molecule has 2 aliphatic rings. The van der Waals surface area contributed by atoms with Crippen LogP contribution in [0.3, 0.4) is 0 Å². The second-order valence-corrected chi connectivity index (χ2v) is 13.3. The van der Waals surface area contributed by atoms with Gasteiger partial charge < -0.3 is 9.31 Å². The average molecular weight is 549 g/mol. The highest BCUT2D eigenvalue weighted by molar-refractivity contribution is 6.62. The molecule has 1 aliphatic carbocycles. The van der Waals surface area contributed by atoms with Crippen molar-refractivity contribution in [2.24, 2.45) is 0 Å². The maximum Gasteiger partial charge on any atom is 0.494 e. The second-order valence-electron chi connectivity index (χ2n) is 13.3. The summed E-state index contributed by atoms with van der Waals surface area (Å²) in [4.78, 5) is 0. The molecule has 0 aromatic heterocycles. The highest BCUT2D eigenvalue weighted by Gasteiger charge is 2.51. The molecule has 2 nitrogen and oxygen atoms in total. The van der Waals surface area contributed by atoms with Crippen LogP contribution in [0.1, 0.15) is 52.7 Å². The van der Waals surface area contributed by atoms with Crippen LogP contribution in [0.25, 0.3) is 44.5 Å². The number of hydrogen-bond acceptors (Lipinski definition) is 2. The first kappa shape index (κ1) is 27.0. The Morgan fingerprint density at radius 2 is 0.929 bits per heavy atom. The summed E-state index contributed by atoms with van der Waals surface area (Å²) in [6.07, 6.45) is 0. The van der Waals surface area contributed by atoms with E-state index in [9.17, 15) is 0 Å².